The summed E-state index contributed by atoms with van der Waals surface area (Å²) in [7, 11) is 0. The average molecular weight is 256 g/mol. The van der Waals surface area contributed by atoms with Crippen molar-refractivity contribution in [3.63, 3.8) is 0 Å². The van der Waals surface area contributed by atoms with Crippen LogP contribution >= 0.6 is 0 Å². The molecular formula is C17H17FO. The predicted octanol–water partition coefficient (Wildman–Crippen LogP) is 4.64. The van der Waals surface area contributed by atoms with Crippen LogP contribution in [0.25, 0.3) is 11.1 Å². The summed E-state index contributed by atoms with van der Waals surface area (Å²) in [6, 6.07) is 12.0. The van der Waals surface area contributed by atoms with Gasteiger partial charge in [0, 0.05) is 11.5 Å². The van der Waals surface area contributed by atoms with E-state index in [-0.39, 0.29) is 17.5 Å². The maximum atomic E-state index is 13.3. The van der Waals surface area contributed by atoms with Crippen molar-refractivity contribution in [2.24, 2.45) is 5.92 Å². The maximum absolute atomic E-state index is 13.3. The highest BCUT2D eigenvalue weighted by atomic mass is 19.1. The second-order valence-corrected chi connectivity index (χ2v) is 5.06. The number of ketones is 1. The van der Waals surface area contributed by atoms with Gasteiger partial charge in [0.1, 0.15) is 5.82 Å². The number of carbonyl (C=O) groups excluding carboxylic acids is 1. The zero-order chi connectivity index (χ0) is 14.0. The summed E-state index contributed by atoms with van der Waals surface area (Å²) in [6.45, 7) is 5.72. The lowest BCUT2D eigenvalue weighted by Gasteiger charge is -2.10. The Labute approximate surface area is 113 Å². The highest BCUT2D eigenvalue weighted by molar-refractivity contribution is 5.98. The third kappa shape index (κ3) is 2.90. The summed E-state index contributed by atoms with van der Waals surface area (Å²) < 4.78 is 13.3. The molecule has 0 saturated heterocycles. The van der Waals surface area contributed by atoms with Crippen LogP contribution < -0.4 is 0 Å². The van der Waals surface area contributed by atoms with Crippen molar-refractivity contribution in [1.29, 1.82) is 0 Å². The maximum Gasteiger partial charge on any atom is 0.165 e. The summed E-state index contributed by atoms with van der Waals surface area (Å²) in [6.07, 6.45) is 0. The van der Waals surface area contributed by atoms with Crippen LogP contribution in [-0.2, 0) is 0 Å². The van der Waals surface area contributed by atoms with Crippen molar-refractivity contribution in [3.05, 3.63) is 59.4 Å². The molecule has 0 heterocycles. The fraction of sp³-hybridized carbons (Fsp3) is 0.235. The molecule has 19 heavy (non-hydrogen) atoms. The molecule has 2 aromatic carbocycles. The van der Waals surface area contributed by atoms with Gasteiger partial charge in [-0.25, -0.2) is 4.39 Å². The monoisotopic (exact) mass is 256 g/mol. The number of hydrogen-bond donors (Lipinski definition) is 0. The first kappa shape index (κ1) is 13.5. The first-order valence-corrected chi connectivity index (χ1v) is 6.40. The predicted molar refractivity (Wildman–Crippen MR) is 75.7 cm³/mol. The molecule has 98 valence electrons. The van der Waals surface area contributed by atoms with Crippen LogP contribution in [0.2, 0.25) is 0 Å². The summed E-state index contributed by atoms with van der Waals surface area (Å²) in [5.74, 6) is -0.196. The van der Waals surface area contributed by atoms with Crippen molar-refractivity contribution < 1.29 is 9.18 Å². The van der Waals surface area contributed by atoms with E-state index in [2.05, 4.69) is 0 Å². The Balaban J connectivity index is 2.51. The smallest absolute Gasteiger partial charge is 0.165 e. The van der Waals surface area contributed by atoms with E-state index in [1.54, 1.807) is 6.07 Å². The highest BCUT2D eigenvalue weighted by Crippen LogP contribution is 2.26. The average Bonchev–Trinajstić information content (AvgIpc) is 2.38. The lowest BCUT2D eigenvalue weighted by Crippen LogP contribution is -2.07. The van der Waals surface area contributed by atoms with Crippen molar-refractivity contribution in [1.82, 2.24) is 0 Å². The van der Waals surface area contributed by atoms with Gasteiger partial charge in [0.05, 0.1) is 0 Å². The van der Waals surface area contributed by atoms with Crippen LogP contribution in [0.15, 0.2) is 42.5 Å². The SMILES string of the molecule is Cc1ccc(C(=O)C(C)C)cc1-c1cccc(F)c1. The molecule has 0 aliphatic carbocycles. The Kier molecular flexibility index (Phi) is 3.79. The minimum absolute atomic E-state index is 0.0388. The molecule has 0 saturated carbocycles. The Bertz CT molecular complexity index is 614. The van der Waals surface area contributed by atoms with Gasteiger partial charge in [-0.2, -0.15) is 0 Å². The summed E-state index contributed by atoms with van der Waals surface area (Å²) >= 11 is 0. The molecule has 0 N–H and O–H groups in total. The lowest BCUT2D eigenvalue weighted by atomic mass is 9.94. The van der Waals surface area contributed by atoms with Gasteiger partial charge in [0.2, 0.25) is 0 Å². The van der Waals surface area contributed by atoms with Crippen LogP contribution in [0.1, 0.15) is 29.8 Å². The van der Waals surface area contributed by atoms with Gasteiger partial charge >= 0.3 is 0 Å². The van der Waals surface area contributed by atoms with Crippen molar-refractivity contribution in [3.8, 4) is 11.1 Å². The molecule has 2 rings (SSSR count). The van der Waals surface area contributed by atoms with Gasteiger partial charge in [-0.05, 0) is 41.8 Å². The zero-order valence-electron chi connectivity index (χ0n) is 11.4. The first-order valence-electron chi connectivity index (χ1n) is 6.40. The van der Waals surface area contributed by atoms with Crippen LogP contribution in [0.4, 0.5) is 4.39 Å². The molecule has 2 aromatic rings. The molecule has 0 radical (unpaired) electrons. The minimum Gasteiger partial charge on any atom is -0.294 e. The lowest BCUT2D eigenvalue weighted by molar-refractivity contribution is 0.0939. The Hall–Kier alpha value is -1.96. The number of hydrogen-bond acceptors (Lipinski definition) is 1. The number of benzene rings is 2. The van der Waals surface area contributed by atoms with Gasteiger partial charge < -0.3 is 0 Å². The van der Waals surface area contributed by atoms with Gasteiger partial charge in [0.25, 0.3) is 0 Å². The van der Waals surface area contributed by atoms with Gasteiger partial charge in [-0.1, -0.05) is 38.1 Å². The molecule has 0 aliphatic rings. The van der Waals surface area contributed by atoms with E-state index in [1.807, 2.05) is 45.0 Å². The number of aryl methyl sites for hydroxylation is 1. The molecule has 0 bridgehead atoms. The summed E-state index contributed by atoms with van der Waals surface area (Å²) in [4.78, 5) is 12.0. The van der Waals surface area contributed by atoms with Crippen molar-refractivity contribution in [2.45, 2.75) is 20.8 Å². The Morgan fingerprint density at radius 3 is 2.47 bits per heavy atom. The minimum atomic E-state index is -0.266. The fourth-order valence-corrected chi connectivity index (χ4v) is 2.08. The molecule has 0 fully saturated rings. The molecule has 0 spiro atoms. The summed E-state index contributed by atoms with van der Waals surface area (Å²) in [5.41, 5.74) is 3.42. The standard InChI is InChI=1S/C17H17FO/c1-11(2)17(19)14-8-7-12(3)16(10-14)13-5-4-6-15(18)9-13/h4-11H,1-3H3. The number of carbonyl (C=O) groups is 1. The molecule has 0 aliphatic heterocycles. The second kappa shape index (κ2) is 5.35. The second-order valence-electron chi connectivity index (χ2n) is 5.06. The van der Waals surface area contributed by atoms with Gasteiger partial charge in [0.15, 0.2) is 5.78 Å². The van der Waals surface area contributed by atoms with E-state index in [9.17, 15) is 9.18 Å². The number of halogens is 1. The zero-order valence-corrected chi connectivity index (χ0v) is 11.4. The Morgan fingerprint density at radius 2 is 1.84 bits per heavy atom. The third-order valence-electron chi connectivity index (χ3n) is 3.18. The topological polar surface area (TPSA) is 17.1 Å². The molecule has 2 heteroatoms. The van der Waals surface area contributed by atoms with E-state index in [1.165, 1.54) is 12.1 Å². The van der Waals surface area contributed by atoms with E-state index in [0.717, 1.165) is 16.7 Å². The molecule has 1 nitrogen and oxygen atoms in total. The van der Waals surface area contributed by atoms with E-state index in [4.69, 9.17) is 0 Å². The quantitative estimate of drug-likeness (QED) is 0.731. The van der Waals surface area contributed by atoms with E-state index >= 15 is 0 Å². The molecule has 0 atom stereocenters. The van der Waals surface area contributed by atoms with E-state index in [0.29, 0.717) is 5.56 Å². The molecule has 0 unspecified atom stereocenters. The molecule has 0 aromatic heterocycles. The van der Waals surface area contributed by atoms with Gasteiger partial charge in [-0.15, -0.1) is 0 Å². The number of rotatable bonds is 3. The van der Waals surface area contributed by atoms with Crippen molar-refractivity contribution >= 4 is 5.78 Å². The van der Waals surface area contributed by atoms with Crippen LogP contribution in [0.5, 0.6) is 0 Å². The Morgan fingerprint density at radius 1 is 1.11 bits per heavy atom. The molecular weight excluding hydrogens is 239 g/mol. The first-order chi connectivity index (χ1) is 8.99. The van der Waals surface area contributed by atoms with Crippen molar-refractivity contribution in [2.75, 3.05) is 0 Å². The molecule has 0 amide bonds. The van der Waals surface area contributed by atoms with Crippen LogP contribution in [0, 0.1) is 18.7 Å². The summed E-state index contributed by atoms with van der Waals surface area (Å²) in [5, 5.41) is 0. The largest absolute Gasteiger partial charge is 0.294 e. The highest BCUT2D eigenvalue weighted by Gasteiger charge is 2.12. The third-order valence-corrected chi connectivity index (χ3v) is 3.18. The fourth-order valence-electron chi connectivity index (χ4n) is 2.08. The van der Waals surface area contributed by atoms with Crippen LogP contribution in [-0.4, -0.2) is 5.78 Å². The van der Waals surface area contributed by atoms with E-state index < -0.39 is 0 Å². The van der Waals surface area contributed by atoms with Crippen LogP contribution in [0.3, 0.4) is 0 Å². The number of Topliss-reactive ketones (excluding diaryl/α,β-unsaturated/α-hetero) is 1. The van der Waals surface area contributed by atoms with Gasteiger partial charge in [-0.3, -0.25) is 4.79 Å². The normalized spacial score (nSPS) is 10.8.